The van der Waals surface area contributed by atoms with E-state index in [2.05, 4.69) is 83.2 Å². The van der Waals surface area contributed by atoms with Gasteiger partial charge in [-0.25, -0.2) is 4.68 Å². The molecule has 1 saturated heterocycles. The molecule has 6 nitrogen and oxygen atoms in total. The van der Waals surface area contributed by atoms with Crippen molar-refractivity contribution in [2.75, 3.05) is 31.2 Å². The topological polar surface area (TPSA) is 56.3 Å². The lowest BCUT2D eigenvalue weighted by Gasteiger charge is -2.47. The number of anilines is 1. The van der Waals surface area contributed by atoms with Crippen molar-refractivity contribution < 1.29 is 9.26 Å². The van der Waals surface area contributed by atoms with Crippen LogP contribution in [-0.2, 0) is 23.0 Å². The number of hydrogen-bond acceptors (Lipinski definition) is 5. The Labute approximate surface area is 211 Å². The quantitative estimate of drug-likeness (QED) is 0.385. The molecule has 2 aliphatic carbocycles. The number of fused-ring (bicyclic) bond motifs is 4. The lowest BCUT2D eigenvalue weighted by molar-refractivity contribution is 0.122. The zero-order valence-electron chi connectivity index (χ0n) is 21.0. The third kappa shape index (κ3) is 3.27. The summed E-state index contributed by atoms with van der Waals surface area (Å²) in [6, 6.07) is 19.4. The van der Waals surface area contributed by atoms with E-state index in [0.717, 1.165) is 62.8 Å². The summed E-state index contributed by atoms with van der Waals surface area (Å²) in [5, 5.41) is 9.52. The molecule has 3 atom stereocenters. The molecule has 2 aromatic heterocycles. The average Bonchev–Trinajstić information content (AvgIpc) is 3.55. The molecule has 184 valence electrons. The van der Waals surface area contributed by atoms with Crippen molar-refractivity contribution in [1.82, 2.24) is 14.9 Å². The van der Waals surface area contributed by atoms with Gasteiger partial charge in [0.15, 0.2) is 5.82 Å². The van der Waals surface area contributed by atoms with Gasteiger partial charge in [0.1, 0.15) is 5.76 Å². The van der Waals surface area contributed by atoms with Crippen LogP contribution in [0.4, 0.5) is 5.82 Å². The first-order chi connectivity index (χ1) is 17.6. The minimum absolute atomic E-state index is 0.0405. The Morgan fingerprint density at radius 2 is 1.72 bits per heavy atom. The van der Waals surface area contributed by atoms with Gasteiger partial charge in [-0.1, -0.05) is 61.5 Å². The molecule has 1 aliphatic heterocycles. The molecule has 0 bridgehead atoms. The molecule has 3 heterocycles. The number of nitrogens with zero attached hydrogens (tertiary/aromatic N) is 4. The second-order valence-corrected chi connectivity index (χ2v) is 10.8. The highest BCUT2D eigenvalue weighted by molar-refractivity contribution is 5.65. The van der Waals surface area contributed by atoms with E-state index in [9.17, 15) is 0 Å². The molecule has 0 spiro atoms. The van der Waals surface area contributed by atoms with E-state index in [1.807, 2.05) is 6.20 Å². The van der Waals surface area contributed by atoms with E-state index < -0.39 is 0 Å². The molecular formula is C30H32N4O2. The van der Waals surface area contributed by atoms with E-state index >= 15 is 0 Å². The Morgan fingerprint density at radius 1 is 0.972 bits per heavy atom. The third-order valence-corrected chi connectivity index (χ3v) is 8.81. The Kier molecular flexibility index (Phi) is 5.07. The Balaban J connectivity index is 1.38. The van der Waals surface area contributed by atoms with Gasteiger partial charge in [0, 0.05) is 35.5 Å². The SMILES string of the molecule is C[C@H]1c2oncc2C[C@@]2(C)c3c(c(N4CCOCC4)nn3-c3ccc(-c4ccccc4)cc3)CC[C@H]12. The van der Waals surface area contributed by atoms with Gasteiger partial charge in [0.25, 0.3) is 0 Å². The van der Waals surface area contributed by atoms with E-state index in [1.54, 1.807) is 0 Å². The maximum absolute atomic E-state index is 5.73. The summed E-state index contributed by atoms with van der Waals surface area (Å²) in [4.78, 5) is 2.43. The zero-order chi connectivity index (χ0) is 24.3. The first-order valence-electron chi connectivity index (χ1n) is 13.2. The standard InChI is InChI=1S/C30H32N4O2/c1-20-26-13-12-25-28(30(26,2)18-23-19-31-36-27(20)23)34(32-29(25)33-14-16-35-17-15-33)24-10-8-22(9-11-24)21-6-4-3-5-7-21/h3-11,19-20,26H,12-18H2,1-2H3/t20-,26-,30-/m1/s1. The number of benzene rings is 2. The number of hydrogen-bond donors (Lipinski definition) is 0. The van der Waals surface area contributed by atoms with Crippen LogP contribution >= 0.6 is 0 Å². The van der Waals surface area contributed by atoms with Crippen molar-refractivity contribution in [1.29, 1.82) is 0 Å². The molecule has 36 heavy (non-hydrogen) atoms. The monoisotopic (exact) mass is 480 g/mol. The summed E-state index contributed by atoms with van der Waals surface area (Å²) in [6.45, 7) is 8.06. The molecule has 2 aromatic carbocycles. The van der Waals surface area contributed by atoms with Gasteiger partial charge < -0.3 is 14.2 Å². The van der Waals surface area contributed by atoms with Crippen LogP contribution in [0, 0.1) is 5.92 Å². The van der Waals surface area contributed by atoms with Crippen LogP contribution in [0.1, 0.15) is 48.8 Å². The molecule has 7 rings (SSSR count). The molecule has 0 saturated carbocycles. The van der Waals surface area contributed by atoms with E-state index in [1.165, 1.54) is 27.9 Å². The summed E-state index contributed by atoms with van der Waals surface area (Å²) >= 11 is 0. The highest BCUT2D eigenvalue weighted by Crippen LogP contribution is 2.55. The molecule has 3 aliphatic rings. The van der Waals surface area contributed by atoms with Crippen LogP contribution in [0.25, 0.3) is 16.8 Å². The second kappa shape index (κ2) is 8.34. The lowest BCUT2D eigenvalue weighted by Crippen LogP contribution is -2.45. The third-order valence-electron chi connectivity index (χ3n) is 8.81. The first-order valence-corrected chi connectivity index (χ1v) is 13.2. The van der Waals surface area contributed by atoms with Gasteiger partial charge in [-0.2, -0.15) is 0 Å². The van der Waals surface area contributed by atoms with Crippen LogP contribution in [0.15, 0.2) is 65.3 Å². The van der Waals surface area contributed by atoms with Crippen molar-refractivity contribution in [3.63, 3.8) is 0 Å². The maximum atomic E-state index is 5.73. The largest absolute Gasteiger partial charge is 0.378 e. The van der Waals surface area contributed by atoms with Gasteiger partial charge >= 0.3 is 0 Å². The van der Waals surface area contributed by atoms with Crippen LogP contribution < -0.4 is 4.90 Å². The van der Waals surface area contributed by atoms with Gasteiger partial charge in [-0.15, -0.1) is 5.10 Å². The Bertz CT molecular complexity index is 1380. The second-order valence-electron chi connectivity index (χ2n) is 10.8. The van der Waals surface area contributed by atoms with Crippen LogP contribution in [0.2, 0.25) is 0 Å². The lowest BCUT2D eigenvalue weighted by atomic mass is 9.56. The van der Waals surface area contributed by atoms with Crippen molar-refractivity contribution in [2.24, 2.45) is 5.92 Å². The number of rotatable bonds is 3. The number of morpholine rings is 1. The molecular weight excluding hydrogens is 448 g/mol. The van der Waals surface area contributed by atoms with Crippen molar-refractivity contribution >= 4 is 5.82 Å². The highest BCUT2D eigenvalue weighted by Gasteiger charge is 2.52. The first kappa shape index (κ1) is 21.9. The van der Waals surface area contributed by atoms with Gasteiger partial charge in [0.2, 0.25) is 0 Å². The van der Waals surface area contributed by atoms with Gasteiger partial charge in [-0.3, -0.25) is 0 Å². The minimum Gasteiger partial charge on any atom is -0.378 e. The number of aromatic nitrogens is 3. The fraction of sp³-hybridized carbons (Fsp3) is 0.400. The van der Waals surface area contributed by atoms with Crippen LogP contribution in [0.3, 0.4) is 0 Å². The normalized spacial score (nSPS) is 25.2. The Hall–Kier alpha value is -3.38. The maximum Gasteiger partial charge on any atom is 0.154 e. The van der Waals surface area contributed by atoms with E-state index in [4.69, 9.17) is 14.4 Å². The average molecular weight is 481 g/mol. The van der Waals surface area contributed by atoms with E-state index in [0.29, 0.717) is 11.8 Å². The van der Waals surface area contributed by atoms with Gasteiger partial charge in [-0.05, 0) is 48.4 Å². The van der Waals surface area contributed by atoms with Crippen LogP contribution in [0.5, 0.6) is 0 Å². The Morgan fingerprint density at radius 3 is 2.50 bits per heavy atom. The predicted molar refractivity (Wildman–Crippen MR) is 140 cm³/mol. The smallest absolute Gasteiger partial charge is 0.154 e. The van der Waals surface area contributed by atoms with Gasteiger partial charge in [0.05, 0.1) is 30.8 Å². The summed E-state index contributed by atoms with van der Waals surface area (Å²) in [5.41, 5.74) is 7.56. The molecule has 0 unspecified atom stereocenters. The highest BCUT2D eigenvalue weighted by atomic mass is 16.5. The fourth-order valence-corrected chi connectivity index (χ4v) is 7.06. The summed E-state index contributed by atoms with van der Waals surface area (Å²) < 4.78 is 13.7. The number of ether oxygens (including phenoxy) is 1. The predicted octanol–water partition coefficient (Wildman–Crippen LogP) is 5.54. The summed E-state index contributed by atoms with van der Waals surface area (Å²) in [7, 11) is 0. The van der Waals surface area contributed by atoms with Crippen molar-refractivity contribution in [3.05, 3.63) is 83.4 Å². The molecule has 6 heteroatoms. The molecule has 1 fully saturated rings. The summed E-state index contributed by atoms with van der Waals surface area (Å²) in [6.07, 6.45) is 5.04. The molecule has 0 N–H and O–H groups in total. The molecule has 0 radical (unpaired) electrons. The van der Waals surface area contributed by atoms with Crippen LogP contribution in [-0.4, -0.2) is 41.2 Å². The summed E-state index contributed by atoms with van der Waals surface area (Å²) in [5.74, 6) is 3.04. The fourth-order valence-electron chi connectivity index (χ4n) is 7.06. The molecule has 4 aromatic rings. The van der Waals surface area contributed by atoms with E-state index in [-0.39, 0.29) is 5.41 Å². The zero-order valence-corrected chi connectivity index (χ0v) is 21.0. The van der Waals surface area contributed by atoms with Crippen molar-refractivity contribution in [2.45, 2.75) is 44.4 Å². The molecule has 0 amide bonds. The minimum atomic E-state index is -0.0405. The van der Waals surface area contributed by atoms with Crippen molar-refractivity contribution in [3.8, 4) is 16.8 Å².